The molecule has 4 aliphatic carbocycles. The molecule has 1 unspecified atom stereocenters. The summed E-state index contributed by atoms with van der Waals surface area (Å²) >= 11 is 0. The first-order chi connectivity index (χ1) is 10.2. The van der Waals surface area contributed by atoms with Gasteiger partial charge < -0.3 is 5.32 Å². The van der Waals surface area contributed by atoms with E-state index in [2.05, 4.69) is 12.4 Å². The van der Waals surface area contributed by atoms with Crippen molar-refractivity contribution in [2.24, 2.45) is 23.2 Å². The first-order valence-electron chi connectivity index (χ1n) is 8.58. The summed E-state index contributed by atoms with van der Waals surface area (Å²) in [7, 11) is 2.12. The van der Waals surface area contributed by atoms with E-state index in [0.717, 1.165) is 24.2 Å². The molecule has 1 N–H and O–H groups in total. The van der Waals surface area contributed by atoms with Crippen molar-refractivity contribution in [1.82, 2.24) is 5.32 Å². The minimum atomic E-state index is -0.130. The second-order valence-electron chi connectivity index (χ2n) is 7.95. The summed E-state index contributed by atoms with van der Waals surface area (Å²) in [5.41, 5.74) is 1.78. The number of hydrogen-bond acceptors (Lipinski definition) is 1. The molecule has 4 fully saturated rings. The Morgan fingerprint density at radius 2 is 1.57 bits per heavy atom. The van der Waals surface area contributed by atoms with Gasteiger partial charge in [0.2, 0.25) is 0 Å². The van der Waals surface area contributed by atoms with Gasteiger partial charge in [-0.2, -0.15) is 0 Å². The third-order valence-electron chi connectivity index (χ3n) is 6.53. The Morgan fingerprint density at radius 1 is 1.05 bits per heavy atom. The molecular weight excluding hydrogens is 261 g/mol. The molecule has 1 atom stereocenters. The third kappa shape index (κ3) is 2.42. The highest BCUT2D eigenvalue weighted by Gasteiger charge is 2.53. The maximum Gasteiger partial charge on any atom is 0.123 e. The summed E-state index contributed by atoms with van der Waals surface area (Å²) in [5, 5.41) is 3.63. The topological polar surface area (TPSA) is 12.0 Å². The molecule has 1 aromatic rings. The molecule has 0 aliphatic heterocycles. The van der Waals surface area contributed by atoms with Crippen molar-refractivity contribution in [2.45, 2.75) is 51.0 Å². The highest BCUT2D eigenvalue weighted by Crippen LogP contribution is 2.61. The zero-order chi connectivity index (χ0) is 14.4. The molecule has 21 heavy (non-hydrogen) atoms. The molecule has 0 saturated heterocycles. The van der Waals surface area contributed by atoms with Crippen LogP contribution in [0.2, 0.25) is 0 Å². The van der Waals surface area contributed by atoms with Crippen LogP contribution in [0, 0.1) is 29.0 Å². The van der Waals surface area contributed by atoms with Crippen LogP contribution in [0.1, 0.15) is 44.1 Å². The molecular formula is C19H26FN. The van der Waals surface area contributed by atoms with Gasteiger partial charge in [-0.15, -0.1) is 0 Å². The van der Waals surface area contributed by atoms with Gasteiger partial charge in [0.05, 0.1) is 0 Å². The first kappa shape index (κ1) is 13.8. The normalized spacial score (nSPS) is 38.7. The van der Waals surface area contributed by atoms with E-state index < -0.39 is 0 Å². The van der Waals surface area contributed by atoms with Gasteiger partial charge in [-0.25, -0.2) is 4.39 Å². The predicted octanol–water partition coefficient (Wildman–Crippen LogP) is 4.17. The number of benzene rings is 1. The third-order valence-corrected chi connectivity index (χ3v) is 6.53. The van der Waals surface area contributed by atoms with Gasteiger partial charge in [0.1, 0.15) is 5.82 Å². The molecule has 0 heterocycles. The fourth-order valence-corrected chi connectivity index (χ4v) is 6.09. The van der Waals surface area contributed by atoms with Crippen molar-refractivity contribution in [3.63, 3.8) is 0 Å². The van der Waals surface area contributed by atoms with Crippen molar-refractivity contribution >= 4 is 0 Å². The second kappa shape index (κ2) is 5.08. The van der Waals surface area contributed by atoms with Gasteiger partial charge in [-0.1, -0.05) is 12.1 Å². The molecule has 4 bridgehead atoms. The van der Waals surface area contributed by atoms with Crippen LogP contribution in [0.25, 0.3) is 0 Å². The molecule has 0 aromatic heterocycles. The summed E-state index contributed by atoms with van der Waals surface area (Å²) in [4.78, 5) is 0. The maximum absolute atomic E-state index is 13.1. The minimum absolute atomic E-state index is 0.130. The van der Waals surface area contributed by atoms with E-state index in [1.54, 1.807) is 12.1 Å². The van der Waals surface area contributed by atoms with Gasteiger partial charge in [-0.3, -0.25) is 0 Å². The number of hydrogen-bond donors (Lipinski definition) is 1. The van der Waals surface area contributed by atoms with Crippen molar-refractivity contribution in [1.29, 1.82) is 0 Å². The van der Waals surface area contributed by atoms with Gasteiger partial charge in [0.15, 0.2) is 0 Å². The van der Waals surface area contributed by atoms with Gasteiger partial charge >= 0.3 is 0 Å². The molecule has 2 heteroatoms. The van der Waals surface area contributed by atoms with E-state index >= 15 is 0 Å². The highest BCUT2D eigenvalue weighted by molar-refractivity contribution is 5.19. The quantitative estimate of drug-likeness (QED) is 0.876. The molecule has 114 valence electrons. The van der Waals surface area contributed by atoms with E-state index in [1.165, 1.54) is 44.1 Å². The Balaban J connectivity index is 1.56. The molecule has 0 spiro atoms. The summed E-state index contributed by atoms with van der Waals surface area (Å²) < 4.78 is 13.1. The molecule has 0 radical (unpaired) electrons. The van der Waals surface area contributed by atoms with E-state index in [9.17, 15) is 4.39 Å². The predicted molar refractivity (Wildman–Crippen MR) is 83.6 cm³/mol. The van der Waals surface area contributed by atoms with E-state index in [-0.39, 0.29) is 5.82 Å². The Bertz CT molecular complexity index is 472. The summed E-state index contributed by atoms with van der Waals surface area (Å²) in [5.74, 6) is 2.83. The van der Waals surface area contributed by atoms with Crippen LogP contribution in [-0.4, -0.2) is 13.1 Å². The Morgan fingerprint density at radius 3 is 2.05 bits per heavy atom. The molecule has 0 amide bonds. The van der Waals surface area contributed by atoms with Crippen LogP contribution in [-0.2, 0) is 6.42 Å². The fourth-order valence-electron chi connectivity index (χ4n) is 6.09. The fraction of sp³-hybridized carbons (Fsp3) is 0.684. The van der Waals surface area contributed by atoms with Crippen molar-refractivity contribution < 1.29 is 4.39 Å². The Kier molecular flexibility index (Phi) is 3.33. The van der Waals surface area contributed by atoms with E-state index in [4.69, 9.17) is 0 Å². The molecule has 4 aliphatic rings. The van der Waals surface area contributed by atoms with Gasteiger partial charge in [-0.05, 0) is 92.9 Å². The van der Waals surface area contributed by atoms with Crippen LogP contribution in [0.5, 0.6) is 0 Å². The van der Waals surface area contributed by atoms with Gasteiger partial charge in [0, 0.05) is 6.04 Å². The van der Waals surface area contributed by atoms with Crippen LogP contribution in [0.4, 0.5) is 4.39 Å². The van der Waals surface area contributed by atoms with Crippen LogP contribution in [0.3, 0.4) is 0 Å². The lowest BCUT2D eigenvalue weighted by Crippen LogP contribution is -2.56. The number of halogens is 1. The first-order valence-corrected chi connectivity index (χ1v) is 8.58. The Hall–Kier alpha value is -0.890. The summed E-state index contributed by atoms with van der Waals surface area (Å²) in [6.45, 7) is 0. The average molecular weight is 287 g/mol. The maximum atomic E-state index is 13.1. The van der Waals surface area contributed by atoms with Crippen molar-refractivity contribution in [3.05, 3.63) is 35.6 Å². The van der Waals surface area contributed by atoms with Crippen LogP contribution < -0.4 is 5.32 Å². The van der Waals surface area contributed by atoms with Crippen molar-refractivity contribution in [2.75, 3.05) is 7.05 Å². The van der Waals surface area contributed by atoms with Gasteiger partial charge in [0.25, 0.3) is 0 Å². The molecule has 5 rings (SSSR count). The smallest absolute Gasteiger partial charge is 0.123 e. The number of likely N-dealkylation sites (N-methyl/N-ethyl adjacent to an activating group) is 1. The molecule has 4 saturated carbocycles. The zero-order valence-corrected chi connectivity index (χ0v) is 12.9. The summed E-state index contributed by atoms with van der Waals surface area (Å²) in [6, 6.07) is 7.67. The standard InChI is InChI=1S/C19H26FN/c1-21-18(9-13-2-4-17(20)5-3-13)19-10-14-6-15(11-19)8-16(7-14)12-19/h2-5,14-16,18,21H,6-12H2,1H3. The molecule has 1 aromatic carbocycles. The molecule has 1 nitrogen and oxygen atoms in total. The lowest BCUT2D eigenvalue weighted by molar-refractivity contribution is -0.0724. The second-order valence-corrected chi connectivity index (χ2v) is 7.95. The van der Waals surface area contributed by atoms with Crippen LogP contribution in [0.15, 0.2) is 24.3 Å². The zero-order valence-electron chi connectivity index (χ0n) is 12.9. The highest BCUT2D eigenvalue weighted by atomic mass is 19.1. The monoisotopic (exact) mass is 287 g/mol. The lowest BCUT2D eigenvalue weighted by Gasteiger charge is -2.59. The largest absolute Gasteiger partial charge is 0.316 e. The summed E-state index contributed by atoms with van der Waals surface area (Å²) in [6.07, 6.45) is 9.79. The van der Waals surface area contributed by atoms with E-state index in [0.29, 0.717) is 11.5 Å². The van der Waals surface area contributed by atoms with E-state index in [1.807, 2.05) is 12.1 Å². The minimum Gasteiger partial charge on any atom is -0.316 e. The Labute approximate surface area is 127 Å². The number of nitrogens with one attached hydrogen (secondary N) is 1. The lowest BCUT2D eigenvalue weighted by atomic mass is 9.47. The average Bonchev–Trinajstić information content (AvgIpc) is 2.45. The van der Waals surface area contributed by atoms with Crippen molar-refractivity contribution in [3.8, 4) is 0 Å². The SMILES string of the molecule is CNC(Cc1ccc(F)cc1)C12CC3CC(CC(C3)C1)C2. The number of rotatable bonds is 4. The van der Waals surface area contributed by atoms with Crippen LogP contribution >= 0.6 is 0 Å².